The van der Waals surface area contributed by atoms with Crippen LogP contribution in [0.5, 0.6) is 0 Å². The first kappa shape index (κ1) is 17.3. The standard InChI is InChI=1S/C19H30O3/c1-14(2)17(20)21-13-15(3)7-6-10-19(5)16-8-11-18(4,22-19)12-9-16/h7-8,11,14,16H,6,9-10,12-13H2,1-5H3/b15-7+/t16-,18+,19-/m0/s1. The molecule has 0 unspecified atom stereocenters. The Morgan fingerprint density at radius 1 is 1.45 bits per heavy atom. The Bertz CT molecular complexity index is 477. The molecular formula is C19H30O3. The normalized spacial score (nSPS) is 34.3. The number of fused-ring (bicyclic) bond motifs is 2. The summed E-state index contributed by atoms with van der Waals surface area (Å²) in [5.74, 6) is 0.331. The molecule has 3 aliphatic rings. The molecule has 1 fully saturated rings. The zero-order chi connectivity index (χ0) is 16.4. The first-order chi connectivity index (χ1) is 10.2. The maximum atomic E-state index is 11.5. The predicted octanol–water partition coefficient (Wildman–Crippen LogP) is 4.43. The SMILES string of the molecule is C/C(=C\CC[C@]1(C)O[C@]2(C)C=C[C@H]1CC2)COC(=O)C(C)C. The van der Waals surface area contributed by atoms with Gasteiger partial charge in [0.15, 0.2) is 0 Å². The summed E-state index contributed by atoms with van der Waals surface area (Å²) in [5.41, 5.74) is 0.975. The van der Waals surface area contributed by atoms with Crippen LogP contribution < -0.4 is 0 Å². The highest BCUT2D eigenvalue weighted by Crippen LogP contribution is 2.47. The van der Waals surface area contributed by atoms with Gasteiger partial charge in [-0.3, -0.25) is 4.79 Å². The summed E-state index contributed by atoms with van der Waals surface area (Å²) in [4.78, 5) is 11.5. The van der Waals surface area contributed by atoms with E-state index in [0.717, 1.165) is 24.8 Å². The van der Waals surface area contributed by atoms with Crippen LogP contribution >= 0.6 is 0 Å². The van der Waals surface area contributed by atoms with Gasteiger partial charge in [0.1, 0.15) is 6.61 Å². The number of hydrogen-bond acceptors (Lipinski definition) is 3. The van der Waals surface area contributed by atoms with Gasteiger partial charge in [0.05, 0.1) is 17.1 Å². The van der Waals surface area contributed by atoms with E-state index in [0.29, 0.717) is 12.5 Å². The van der Waals surface area contributed by atoms with E-state index in [2.05, 4.69) is 32.1 Å². The number of ether oxygens (including phenoxy) is 2. The summed E-state index contributed by atoms with van der Waals surface area (Å²) in [5, 5.41) is 0. The van der Waals surface area contributed by atoms with Crippen molar-refractivity contribution < 1.29 is 14.3 Å². The van der Waals surface area contributed by atoms with Crippen LogP contribution in [0.25, 0.3) is 0 Å². The number of rotatable bonds is 6. The van der Waals surface area contributed by atoms with E-state index in [-0.39, 0.29) is 23.1 Å². The number of carbonyl (C=O) groups excluding carboxylic acids is 1. The Balaban J connectivity index is 1.82. The highest BCUT2D eigenvalue weighted by Gasteiger charge is 2.47. The van der Waals surface area contributed by atoms with Gasteiger partial charge in [-0.2, -0.15) is 0 Å². The Morgan fingerprint density at radius 3 is 2.73 bits per heavy atom. The summed E-state index contributed by atoms with van der Waals surface area (Å²) in [6, 6.07) is 0. The van der Waals surface area contributed by atoms with E-state index in [4.69, 9.17) is 9.47 Å². The van der Waals surface area contributed by atoms with Gasteiger partial charge in [-0.25, -0.2) is 0 Å². The molecule has 1 aliphatic carbocycles. The molecule has 0 N–H and O–H groups in total. The Kier molecular flexibility index (Phi) is 5.16. The van der Waals surface area contributed by atoms with Gasteiger partial charge >= 0.3 is 5.97 Å². The van der Waals surface area contributed by atoms with E-state index in [1.165, 1.54) is 6.42 Å². The van der Waals surface area contributed by atoms with Crippen molar-refractivity contribution in [1.82, 2.24) is 0 Å². The fourth-order valence-electron chi connectivity index (χ4n) is 3.40. The first-order valence-corrected chi connectivity index (χ1v) is 8.46. The molecule has 2 aliphatic heterocycles. The maximum Gasteiger partial charge on any atom is 0.308 e. The quantitative estimate of drug-likeness (QED) is 0.538. The average Bonchev–Trinajstić information content (AvgIpc) is 2.44. The second kappa shape index (κ2) is 6.57. The largest absolute Gasteiger partial charge is 0.461 e. The molecule has 0 aromatic carbocycles. The number of hydrogen-bond donors (Lipinski definition) is 0. The summed E-state index contributed by atoms with van der Waals surface area (Å²) >= 11 is 0. The summed E-state index contributed by atoms with van der Waals surface area (Å²) < 4.78 is 11.6. The Morgan fingerprint density at radius 2 is 2.18 bits per heavy atom. The molecule has 0 amide bonds. The van der Waals surface area contributed by atoms with Gasteiger partial charge in [0.25, 0.3) is 0 Å². The molecule has 2 bridgehead atoms. The Labute approximate surface area is 134 Å². The van der Waals surface area contributed by atoms with E-state index in [9.17, 15) is 4.79 Å². The molecule has 0 aromatic heterocycles. The zero-order valence-electron chi connectivity index (χ0n) is 14.6. The maximum absolute atomic E-state index is 11.5. The van der Waals surface area contributed by atoms with Gasteiger partial charge in [-0.05, 0) is 52.0 Å². The fourth-order valence-corrected chi connectivity index (χ4v) is 3.40. The molecular weight excluding hydrogens is 276 g/mol. The molecule has 0 saturated carbocycles. The predicted molar refractivity (Wildman–Crippen MR) is 88.5 cm³/mol. The molecule has 0 radical (unpaired) electrons. The highest BCUT2D eigenvalue weighted by atomic mass is 16.5. The summed E-state index contributed by atoms with van der Waals surface area (Å²) in [7, 11) is 0. The van der Waals surface area contributed by atoms with Crippen molar-refractivity contribution in [3.63, 3.8) is 0 Å². The highest BCUT2D eigenvalue weighted by molar-refractivity contribution is 5.71. The third-order valence-corrected chi connectivity index (χ3v) is 4.93. The Hall–Kier alpha value is -1.09. The number of carbonyl (C=O) groups is 1. The van der Waals surface area contributed by atoms with Crippen LogP contribution in [0, 0.1) is 11.8 Å². The van der Waals surface area contributed by atoms with Crippen molar-refractivity contribution in [2.24, 2.45) is 11.8 Å². The van der Waals surface area contributed by atoms with Crippen molar-refractivity contribution in [2.75, 3.05) is 6.61 Å². The lowest BCUT2D eigenvalue weighted by Gasteiger charge is -2.52. The second-order valence-electron chi connectivity index (χ2n) is 7.58. The van der Waals surface area contributed by atoms with Crippen LogP contribution in [0.3, 0.4) is 0 Å². The first-order valence-electron chi connectivity index (χ1n) is 8.46. The summed E-state index contributed by atoms with van der Waals surface area (Å²) in [6.07, 6.45) is 11.1. The fraction of sp³-hybridized carbons (Fsp3) is 0.737. The van der Waals surface area contributed by atoms with Crippen molar-refractivity contribution in [2.45, 2.75) is 71.5 Å². The molecule has 124 valence electrons. The van der Waals surface area contributed by atoms with Crippen LogP contribution in [0.1, 0.15) is 60.3 Å². The van der Waals surface area contributed by atoms with Crippen LogP contribution in [0.4, 0.5) is 0 Å². The van der Waals surface area contributed by atoms with Crippen LogP contribution in [0.15, 0.2) is 23.8 Å². The molecule has 0 aromatic rings. The third-order valence-electron chi connectivity index (χ3n) is 4.93. The molecule has 1 saturated heterocycles. The topological polar surface area (TPSA) is 35.5 Å². The van der Waals surface area contributed by atoms with E-state index in [1.54, 1.807) is 0 Å². The van der Waals surface area contributed by atoms with Crippen molar-refractivity contribution >= 4 is 5.97 Å². The van der Waals surface area contributed by atoms with Gasteiger partial charge < -0.3 is 9.47 Å². The molecule has 3 rings (SSSR count). The van der Waals surface area contributed by atoms with Gasteiger partial charge in [-0.1, -0.05) is 32.1 Å². The van der Waals surface area contributed by atoms with Crippen molar-refractivity contribution in [3.05, 3.63) is 23.8 Å². The average molecular weight is 306 g/mol. The molecule has 2 heterocycles. The van der Waals surface area contributed by atoms with E-state index >= 15 is 0 Å². The third kappa shape index (κ3) is 4.01. The van der Waals surface area contributed by atoms with Gasteiger partial charge in [-0.15, -0.1) is 0 Å². The minimum atomic E-state index is -0.134. The lowest BCUT2D eigenvalue weighted by atomic mass is 9.71. The van der Waals surface area contributed by atoms with Crippen molar-refractivity contribution in [1.29, 1.82) is 0 Å². The van der Waals surface area contributed by atoms with Crippen LogP contribution in [-0.4, -0.2) is 23.8 Å². The van der Waals surface area contributed by atoms with Crippen LogP contribution in [0.2, 0.25) is 0 Å². The molecule has 3 heteroatoms. The van der Waals surface area contributed by atoms with Crippen molar-refractivity contribution in [3.8, 4) is 0 Å². The minimum absolute atomic E-state index is 0.0624. The van der Waals surface area contributed by atoms with E-state index < -0.39 is 0 Å². The lowest BCUT2D eigenvalue weighted by Crippen LogP contribution is -2.52. The molecule has 0 spiro atoms. The molecule has 3 nitrogen and oxygen atoms in total. The summed E-state index contributed by atoms with van der Waals surface area (Å²) in [6.45, 7) is 10.5. The monoisotopic (exact) mass is 306 g/mol. The molecule has 22 heavy (non-hydrogen) atoms. The number of allylic oxidation sites excluding steroid dienone is 1. The lowest BCUT2D eigenvalue weighted by molar-refractivity contribution is -0.184. The van der Waals surface area contributed by atoms with E-state index in [1.807, 2.05) is 20.8 Å². The van der Waals surface area contributed by atoms with Gasteiger partial charge in [0.2, 0.25) is 0 Å². The second-order valence-corrected chi connectivity index (χ2v) is 7.58. The minimum Gasteiger partial charge on any atom is -0.461 e. The zero-order valence-corrected chi connectivity index (χ0v) is 14.6. The number of esters is 1. The van der Waals surface area contributed by atoms with Crippen LogP contribution in [-0.2, 0) is 14.3 Å². The van der Waals surface area contributed by atoms with Gasteiger partial charge in [0, 0.05) is 5.92 Å². The smallest absolute Gasteiger partial charge is 0.308 e. The molecule has 3 atom stereocenters.